The monoisotopic (exact) mass is 395 g/mol. The van der Waals surface area contributed by atoms with Gasteiger partial charge in [-0.25, -0.2) is 4.98 Å². The molecule has 1 N–H and O–H groups in total. The molecule has 0 saturated carbocycles. The van der Waals surface area contributed by atoms with E-state index in [-0.39, 0.29) is 17.9 Å². The minimum atomic E-state index is -0.103. The van der Waals surface area contributed by atoms with Gasteiger partial charge in [0.05, 0.1) is 25.3 Å². The SMILES string of the molecule is COc1ccc2c(c1)N1CCN(c3cnccn3)C[C@@H]1[C@@H](C(=O)NCC(C)C)C2. The van der Waals surface area contributed by atoms with Gasteiger partial charge in [-0.05, 0) is 24.0 Å². The molecule has 1 amide bonds. The second-order valence-electron chi connectivity index (χ2n) is 8.21. The molecule has 2 atom stereocenters. The Kier molecular flexibility index (Phi) is 5.56. The van der Waals surface area contributed by atoms with Gasteiger partial charge in [-0.15, -0.1) is 0 Å². The Labute approximate surface area is 172 Å². The molecule has 0 aliphatic carbocycles. The van der Waals surface area contributed by atoms with Crippen LogP contribution in [0, 0.1) is 11.8 Å². The van der Waals surface area contributed by atoms with E-state index in [1.807, 2.05) is 6.07 Å². The smallest absolute Gasteiger partial charge is 0.225 e. The number of hydrogen-bond donors (Lipinski definition) is 1. The van der Waals surface area contributed by atoms with Crippen LogP contribution < -0.4 is 19.9 Å². The van der Waals surface area contributed by atoms with Crippen LogP contribution in [-0.2, 0) is 11.2 Å². The molecule has 1 fully saturated rings. The Hall–Kier alpha value is -2.83. The second kappa shape index (κ2) is 8.27. The van der Waals surface area contributed by atoms with Crippen LogP contribution in [0.2, 0.25) is 0 Å². The average molecular weight is 396 g/mol. The number of nitrogens with one attached hydrogen (secondary N) is 1. The number of carbonyl (C=O) groups is 1. The van der Waals surface area contributed by atoms with E-state index in [0.29, 0.717) is 12.5 Å². The third-order valence-corrected chi connectivity index (χ3v) is 5.82. The normalized spacial score (nSPS) is 20.8. The summed E-state index contributed by atoms with van der Waals surface area (Å²) in [7, 11) is 1.69. The van der Waals surface area contributed by atoms with E-state index >= 15 is 0 Å². The van der Waals surface area contributed by atoms with Gasteiger partial charge in [-0.1, -0.05) is 19.9 Å². The number of nitrogens with zero attached hydrogens (tertiary/aromatic N) is 4. The highest BCUT2D eigenvalue weighted by atomic mass is 16.5. The number of amides is 1. The van der Waals surface area contributed by atoms with Gasteiger partial charge in [-0.3, -0.25) is 9.78 Å². The summed E-state index contributed by atoms with van der Waals surface area (Å²) in [6.07, 6.45) is 5.93. The van der Waals surface area contributed by atoms with E-state index in [1.165, 1.54) is 11.3 Å². The molecule has 1 saturated heterocycles. The molecule has 0 radical (unpaired) electrons. The molecule has 0 bridgehead atoms. The first kappa shape index (κ1) is 19.5. The highest BCUT2D eigenvalue weighted by Crippen LogP contribution is 2.38. The summed E-state index contributed by atoms with van der Waals surface area (Å²) in [4.78, 5) is 26.4. The van der Waals surface area contributed by atoms with Crippen molar-refractivity contribution in [2.75, 3.05) is 43.1 Å². The van der Waals surface area contributed by atoms with E-state index in [0.717, 1.165) is 37.6 Å². The molecule has 3 heterocycles. The summed E-state index contributed by atoms with van der Waals surface area (Å²) in [5.74, 6) is 2.18. The summed E-state index contributed by atoms with van der Waals surface area (Å²) in [6, 6.07) is 6.26. The number of aromatic nitrogens is 2. The number of benzene rings is 1. The predicted octanol–water partition coefficient (Wildman–Crippen LogP) is 2.12. The van der Waals surface area contributed by atoms with Crippen LogP contribution in [0.5, 0.6) is 5.75 Å². The van der Waals surface area contributed by atoms with E-state index in [2.05, 4.69) is 51.1 Å². The molecule has 7 heteroatoms. The number of carbonyl (C=O) groups excluding carboxylic acids is 1. The zero-order chi connectivity index (χ0) is 20.4. The van der Waals surface area contributed by atoms with E-state index < -0.39 is 0 Å². The number of fused-ring (bicyclic) bond motifs is 3. The van der Waals surface area contributed by atoms with E-state index in [9.17, 15) is 4.79 Å². The number of anilines is 2. The minimum absolute atomic E-state index is 0.0810. The molecule has 0 unspecified atom stereocenters. The van der Waals surface area contributed by atoms with Gasteiger partial charge in [0.2, 0.25) is 5.91 Å². The Bertz CT molecular complexity index is 858. The Morgan fingerprint density at radius 2 is 2.17 bits per heavy atom. The summed E-state index contributed by atoms with van der Waals surface area (Å²) >= 11 is 0. The number of hydrogen-bond acceptors (Lipinski definition) is 6. The maximum atomic E-state index is 13.1. The molecule has 29 heavy (non-hydrogen) atoms. The first-order chi connectivity index (χ1) is 14.1. The number of piperazine rings is 1. The maximum Gasteiger partial charge on any atom is 0.225 e. The lowest BCUT2D eigenvalue weighted by Gasteiger charge is -2.49. The van der Waals surface area contributed by atoms with Gasteiger partial charge >= 0.3 is 0 Å². The highest BCUT2D eigenvalue weighted by Gasteiger charge is 2.42. The molecule has 2 aliphatic rings. The highest BCUT2D eigenvalue weighted by molar-refractivity contribution is 5.82. The van der Waals surface area contributed by atoms with Crippen LogP contribution in [0.25, 0.3) is 0 Å². The van der Waals surface area contributed by atoms with Gasteiger partial charge < -0.3 is 19.9 Å². The van der Waals surface area contributed by atoms with Crippen molar-refractivity contribution in [3.8, 4) is 5.75 Å². The second-order valence-corrected chi connectivity index (χ2v) is 8.21. The third kappa shape index (κ3) is 3.99. The van der Waals surface area contributed by atoms with E-state index in [1.54, 1.807) is 25.7 Å². The molecular weight excluding hydrogens is 366 g/mol. The fraction of sp³-hybridized carbons (Fsp3) is 0.500. The van der Waals surface area contributed by atoms with Crippen LogP contribution in [0.3, 0.4) is 0 Å². The van der Waals surface area contributed by atoms with Crippen molar-refractivity contribution >= 4 is 17.4 Å². The lowest BCUT2D eigenvalue weighted by molar-refractivity contribution is -0.126. The summed E-state index contributed by atoms with van der Waals surface area (Å²) in [5, 5.41) is 3.16. The van der Waals surface area contributed by atoms with Crippen molar-refractivity contribution in [3.05, 3.63) is 42.4 Å². The Balaban J connectivity index is 1.64. The third-order valence-electron chi connectivity index (χ3n) is 5.82. The summed E-state index contributed by atoms with van der Waals surface area (Å²) in [6.45, 7) is 7.35. The van der Waals surface area contributed by atoms with Gasteiger partial charge in [0.25, 0.3) is 0 Å². The molecule has 154 valence electrons. The van der Waals surface area contributed by atoms with Crippen molar-refractivity contribution in [2.45, 2.75) is 26.3 Å². The van der Waals surface area contributed by atoms with Crippen molar-refractivity contribution in [2.24, 2.45) is 11.8 Å². The lowest BCUT2D eigenvalue weighted by atomic mass is 9.83. The fourth-order valence-corrected chi connectivity index (χ4v) is 4.30. The molecule has 0 spiro atoms. The zero-order valence-corrected chi connectivity index (χ0v) is 17.3. The molecule has 4 rings (SSSR count). The van der Waals surface area contributed by atoms with Gasteiger partial charge in [0.1, 0.15) is 11.6 Å². The zero-order valence-electron chi connectivity index (χ0n) is 17.3. The first-order valence-corrected chi connectivity index (χ1v) is 10.3. The Morgan fingerprint density at radius 1 is 1.31 bits per heavy atom. The topological polar surface area (TPSA) is 70.6 Å². The van der Waals surface area contributed by atoms with Crippen LogP contribution >= 0.6 is 0 Å². The van der Waals surface area contributed by atoms with Crippen molar-refractivity contribution in [3.63, 3.8) is 0 Å². The predicted molar refractivity (Wildman–Crippen MR) is 113 cm³/mol. The van der Waals surface area contributed by atoms with Crippen LogP contribution in [0.1, 0.15) is 19.4 Å². The first-order valence-electron chi connectivity index (χ1n) is 10.3. The van der Waals surface area contributed by atoms with Crippen molar-refractivity contribution in [1.82, 2.24) is 15.3 Å². The molecule has 1 aromatic heterocycles. The minimum Gasteiger partial charge on any atom is -0.497 e. The van der Waals surface area contributed by atoms with Crippen LogP contribution in [0.15, 0.2) is 36.8 Å². The maximum absolute atomic E-state index is 13.1. The van der Waals surface area contributed by atoms with Gasteiger partial charge in [0, 0.05) is 50.3 Å². The number of ether oxygens (including phenoxy) is 1. The number of rotatable bonds is 5. The van der Waals surface area contributed by atoms with E-state index in [4.69, 9.17) is 4.74 Å². The average Bonchev–Trinajstić information content (AvgIpc) is 2.76. The largest absolute Gasteiger partial charge is 0.497 e. The molecule has 1 aromatic carbocycles. The van der Waals surface area contributed by atoms with Crippen molar-refractivity contribution in [1.29, 1.82) is 0 Å². The fourth-order valence-electron chi connectivity index (χ4n) is 4.30. The van der Waals surface area contributed by atoms with Crippen LogP contribution in [0.4, 0.5) is 11.5 Å². The number of methoxy groups -OCH3 is 1. The van der Waals surface area contributed by atoms with Crippen LogP contribution in [-0.4, -0.2) is 55.2 Å². The molecule has 2 aromatic rings. The quantitative estimate of drug-likeness (QED) is 0.836. The Morgan fingerprint density at radius 3 is 2.90 bits per heavy atom. The standard InChI is InChI=1S/C22H29N5O2/c1-15(2)12-25-22(28)18-10-16-4-5-17(29-3)11-19(16)27-9-8-26(14-20(18)27)21-13-23-6-7-24-21/h4-7,11,13,15,18,20H,8-10,12,14H2,1-3H3,(H,25,28)/t18-,20+/m0/s1. The summed E-state index contributed by atoms with van der Waals surface area (Å²) < 4.78 is 5.46. The van der Waals surface area contributed by atoms with Gasteiger partial charge in [0.15, 0.2) is 0 Å². The van der Waals surface area contributed by atoms with Gasteiger partial charge in [-0.2, -0.15) is 0 Å². The molecule has 7 nitrogen and oxygen atoms in total. The summed E-state index contributed by atoms with van der Waals surface area (Å²) in [5.41, 5.74) is 2.39. The lowest BCUT2D eigenvalue weighted by Crippen LogP contribution is -2.61. The molecule has 2 aliphatic heterocycles. The van der Waals surface area contributed by atoms with Crippen molar-refractivity contribution < 1.29 is 9.53 Å². The molecular formula is C22H29N5O2.